The minimum Gasteiger partial charge on any atom is -0.418 e. The molecule has 0 unspecified atom stereocenters. The summed E-state index contributed by atoms with van der Waals surface area (Å²) in [5.74, 6) is -0.424. The molecule has 0 aliphatic carbocycles. The summed E-state index contributed by atoms with van der Waals surface area (Å²) in [4.78, 5) is 12.7. The molecule has 1 amide bonds. The summed E-state index contributed by atoms with van der Waals surface area (Å²) < 4.78 is 18.9. The summed E-state index contributed by atoms with van der Waals surface area (Å²) in [6.45, 7) is 0.0472. The first-order chi connectivity index (χ1) is 10.2. The number of aromatic nitrogens is 2. The van der Waals surface area contributed by atoms with E-state index in [-0.39, 0.29) is 18.0 Å². The number of halogens is 1. The summed E-state index contributed by atoms with van der Waals surface area (Å²) in [5.41, 5.74) is -0.0181. The maximum atomic E-state index is 13.4. The lowest BCUT2D eigenvalue weighted by molar-refractivity contribution is 0.0943. The normalized spacial score (nSPS) is 10.5. The smallest absolute Gasteiger partial charge is 0.257 e. The molecule has 1 aromatic carbocycles. The van der Waals surface area contributed by atoms with E-state index in [1.807, 2.05) is 17.5 Å². The van der Waals surface area contributed by atoms with Crippen LogP contribution in [0.2, 0.25) is 0 Å². The minimum absolute atomic E-state index is 0.0181. The standard InChI is InChI=1S/C14H10FN3O2S/c15-10-5-2-1-4-9(10)13(19)16-8-12-17-18-14(20-12)11-6-3-7-21-11/h1-7H,8H2,(H,16,19). The van der Waals surface area contributed by atoms with Crippen LogP contribution in [0.3, 0.4) is 0 Å². The number of nitrogens with one attached hydrogen (secondary N) is 1. The molecule has 106 valence electrons. The van der Waals surface area contributed by atoms with E-state index in [0.29, 0.717) is 5.89 Å². The third kappa shape index (κ3) is 2.97. The van der Waals surface area contributed by atoms with E-state index >= 15 is 0 Å². The van der Waals surface area contributed by atoms with E-state index in [0.717, 1.165) is 4.88 Å². The molecule has 0 radical (unpaired) electrons. The average molecular weight is 303 g/mol. The van der Waals surface area contributed by atoms with E-state index in [1.54, 1.807) is 6.07 Å². The highest BCUT2D eigenvalue weighted by molar-refractivity contribution is 7.13. The van der Waals surface area contributed by atoms with E-state index in [4.69, 9.17) is 4.42 Å². The first-order valence-electron chi connectivity index (χ1n) is 6.13. The van der Waals surface area contributed by atoms with Crippen molar-refractivity contribution >= 4 is 17.2 Å². The predicted molar refractivity (Wildman–Crippen MR) is 75.2 cm³/mol. The number of thiophene rings is 1. The highest BCUT2D eigenvalue weighted by atomic mass is 32.1. The largest absolute Gasteiger partial charge is 0.418 e. The second-order valence-corrected chi connectivity index (χ2v) is 5.09. The van der Waals surface area contributed by atoms with Crippen molar-refractivity contribution in [3.8, 4) is 10.8 Å². The molecular formula is C14H10FN3O2S. The second-order valence-electron chi connectivity index (χ2n) is 4.14. The van der Waals surface area contributed by atoms with Crippen LogP contribution in [-0.4, -0.2) is 16.1 Å². The van der Waals surface area contributed by atoms with Crippen LogP contribution in [0.4, 0.5) is 4.39 Å². The van der Waals surface area contributed by atoms with Gasteiger partial charge in [-0.1, -0.05) is 18.2 Å². The van der Waals surface area contributed by atoms with Gasteiger partial charge in [-0.25, -0.2) is 4.39 Å². The lowest BCUT2D eigenvalue weighted by atomic mass is 10.2. The van der Waals surface area contributed by atoms with Gasteiger partial charge in [0, 0.05) is 0 Å². The van der Waals surface area contributed by atoms with E-state index in [1.165, 1.54) is 29.5 Å². The Morgan fingerprint density at radius 3 is 2.86 bits per heavy atom. The lowest BCUT2D eigenvalue weighted by Gasteiger charge is -2.03. The molecule has 0 aliphatic rings. The predicted octanol–water partition coefficient (Wildman–Crippen LogP) is 2.87. The Kier molecular flexibility index (Phi) is 3.74. The quantitative estimate of drug-likeness (QED) is 0.804. The molecule has 3 aromatic rings. The van der Waals surface area contributed by atoms with Gasteiger partial charge >= 0.3 is 0 Å². The van der Waals surface area contributed by atoms with Crippen LogP contribution in [0.1, 0.15) is 16.2 Å². The molecule has 0 saturated carbocycles. The number of hydrogen-bond donors (Lipinski definition) is 1. The average Bonchev–Trinajstić information content (AvgIpc) is 3.16. The van der Waals surface area contributed by atoms with Crippen LogP contribution in [0.15, 0.2) is 46.2 Å². The number of nitrogens with zero attached hydrogens (tertiary/aromatic N) is 2. The highest BCUT2D eigenvalue weighted by Gasteiger charge is 2.13. The van der Waals surface area contributed by atoms with Gasteiger partial charge in [0.25, 0.3) is 11.8 Å². The number of benzene rings is 1. The minimum atomic E-state index is -0.570. The number of carbonyl (C=O) groups excluding carboxylic acids is 1. The maximum Gasteiger partial charge on any atom is 0.257 e. The number of carbonyl (C=O) groups is 1. The van der Waals surface area contributed by atoms with Gasteiger partial charge in [0.1, 0.15) is 5.82 Å². The van der Waals surface area contributed by atoms with Crippen molar-refractivity contribution in [2.24, 2.45) is 0 Å². The van der Waals surface area contributed by atoms with Crippen LogP contribution in [0.25, 0.3) is 10.8 Å². The molecule has 0 atom stereocenters. The fourth-order valence-corrected chi connectivity index (χ4v) is 2.37. The third-order valence-electron chi connectivity index (χ3n) is 2.72. The van der Waals surface area contributed by atoms with E-state index in [9.17, 15) is 9.18 Å². The number of rotatable bonds is 4. The van der Waals surface area contributed by atoms with Crippen LogP contribution < -0.4 is 5.32 Å². The van der Waals surface area contributed by atoms with Gasteiger partial charge in [-0.3, -0.25) is 4.79 Å². The zero-order chi connectivity index (χ0) is 14.7. The molecule has 3 rings (SSSR count). The van der Waals surface area contributed by atoms with Gasteiger partial charge < -0.3 is 9.73 Å². The fraction of sp³-hybridized carbons (Fsp3) is 0.0714. The molecule has 2 aromatic heterocycles. The van der Waals surface area contributed by atoms with Crippen molar-refractivity contribution in [3.63, 3.8) is 0 Å². The zero-order valence-electron chi connectivity index (χ0n) is 10.7. The van der Waals surface area contributed by atoms with Crippen molar-refractivity contribution in [3.05, 3.63) is 59.0 Å². The lowest BCUT2D eigenvalue weighted by Crippen LogP contribution is -2.23. The molecule has 2 heterocycles. The second kappa shape index (κ2) is 5.84. The van der Waals surface area contributed by atoms with Gasteiger partial charge in [0.2, 0.25) is 5.89 Å². The monoisotopic (exact) mass is 303 g/mol. The van der Waals surface area contributed by atoms with Crippen LogP contribution in [-0.2, 0) is 6.54 Å². The maximum absolute atomic E-state index is 13.4. The topological polar surface area (TPSA) is 68.0 Å². The first-order valence-corrected chi connectivity index (χ1v) is 7.01. The Morgan fingerprint density at radius 1 is 1.24 bits per heavy atom. The molecule has 0 bridgehead atoms. The van der Waals surface area contributed by atoms with Crippen molar-refractivity contribution in [1.82, 2.24) is 15.5 Å². The van der Waals surface area contributed by atoms with Gasteiger partial charge in [-0.2, -0.15) is 0 Å². The molecule has 5 nitrogen and oxygen atoms in total. The fourth-order valence-electron chi connectivity index (χ4n) is 1.72. The Morgan fingerprint density at radius 2 is 2.10 bits per heavy atom. The van der Waals surface area contributed by atoms with Crippen molar-refractivity contribution < 1.29 is 13.6 Å². The SMILES string of the molecule is O=C(NCc1nnc(-c2cccs2)o1)c1ccccc1F. The number of amides is 1. The van der Waals surface area contributed by atoms with Crippen molar-refractivity contribution in [2.75, 3.05) is 0 Å². The molecule has 7 heteroatoms. The number of hydrogen-bond acceptors (Lipinski definition) is 5. The van der Waals surface area contributed by atoms with E-state index in [2.05, 4.69) is 15.5 Å². The van der Waals surface area contributed by atoms with Crippen molar-refractivity contribution in [2.45, 2.75) is 6.54 Å². The van der Waals surface area contributed by atoms with Crippen LogP contribution >= 0.6 is 11.3 Å². The van der Waals surface area contributed by atoms with Crippen LogP contribution in [0.5, 0.6) is 0 Å². The van der Waals surface area contributed by atoms with E-state index < -0.39 is 11.7 Å². The summed E-state index contributed by atoms with van der Waals surface area (Å²) in [7, 11) is 0. The molecule has 0 aliphatic heterocycles. The molecule has 1 N–H and O–H groups in total. The Bertz CT molecular complexity index is 755. The van der Waals surface area contributed by atoms with Crippen molar-refractivity contribution in [1.29, 1.82) is 0 Å². The first kappa shape index (κ1) is 13.4. The highest BCUT2D eigenvalue weighted by Crippen LogP contribution is 2.22. The molecule has 21 heavy (non-hydrogen) atoms. The van der Waals surface area contributed by atoms with Gasteiger partial charge in [0.05, 0.1) is 17.0 Å². The van der Waals surface area contributed by atoms with Gasteiger partial charge in [-0.05, 0) is 23.6 Å². The summed E-state index contributed by atoms with van der Waals surface area (Å²) >= 11 is 1.48. The van der Waals surface area contributed by atoms with Gasteiger partial charge in [-0.15, -0.1) is 21.5 Å². The Hall–Kier alpha value is -2.54. The van der Waals surface area contributed by atoms with Gasteiger partial charge in [0.15, 0.2) is 0 Å². The molecule has 0 fully saturated rings. The summed E-state index contributed by atoms with van der Waals surface area (Å²) in [5, 5.41) is 12.2. The third-order valence-corrected chi connectivity index (χ3v) is 3.58. The Balaban J connectivity index is 1.66. The summed E-state index contributed by atoms with van der Waals surface area (Å²) in [6, 6.07) is 9.51. The summed E-state index contributed by atoms with van der Waals surface area (Å²) in [6.07, 6.45) is 0. The van der Waals surface area contributed by atoms with Crippen LogP contribution in [0, 0.1) is 5.82 Å². The zero-order valence-corrected chi connectivity index (χ0v) is 11.6. The molecular weight excluding hydrogens is 293 g/mol. The molecule has 0 saturated heterocycles. The Labute approximate surface area is 123 Å². The molecule has 0 spiro atoms.